The van der Waals surface area contributed by atoms with E-state index in [4.69, 9.17) is 4.74 Å². The highest BCUT2D eigenvalue weighted by atomic mass is 32.2. The van der Waals surface area contributed by atoms with Crippen LogP contribution in [-0.2, 0) is 33.9 Å². The number of ether oxygens (including phenoxy) is 2. The van der Waals surface area contributed by atoms with Crippen LogP contribution in [0.2, 0.25) is 0 Å². The van der Waals surface area contributed by atoms with Crippen LogP contribution in [0.3, 0.4) is 0 Å². The molecule has 9 heteroatoms. The maximum absolute atomic E-state index is 11.5. The molecule has 0 aromatic carbocycles. The Kier molecular flexibility index (Phi) is 9.87. The molecule has 132 valence electrons. The second-order valence-corrected chi connectivity index (χ2v) is 6.68. The highest BCUT2D eigenvalue weighted by molar-refractivity contribution is 7.89. The fraction of sp³-hybridized carbons (Fsp3) is 0.643. The van der Waals surface area contributed by atoms with Crippen molar-refractivity contribution >= 4 is 27.9 Å². The van der Waals surface area contributed by atoms with Gasteiger partial charge in [-0.2, -0.15) is 0 Å². The molecule has 0 fully saturated rings. The highest BCUT2D eigenvalue weighted by Crippen LogP contribution is 2.05. The van der Waals surface area contributed by atoms with Crippen molar-refractivity contribution in [3.63, 3.8) is 0 Å². The first-order chi connectivity index (χ1) is 10.7. The summed E-state index contributed by atoms with van der Waals surface area (Å²) in [6.07, 6.45) is 4.29. The molecule has 0 saturated carbocycles. The largest absolute Gasteiger partial charge is 0.465 e. The second-order valence-electron chi connectivity index (χ2n) is 4.93. The summed E-state index contributed by atoms with van der Waals surface area (Å²) < 4.78 is 32.7. The van der Waals surface area contributed by atoms with Crippen LogP contribution in [0.15, 0.2) is 12.2 Å². The summed E-state index contributed by atoms with van der Waals surface area (Å²) in [5, 5.41) is 0. The topological polar surface area (TPSA) is 116 Å². The number of unbranched alkanes of at least 4 members (excludes halogenated alkanes) is 3. The molecule has 0 rings (SSSR count). The van der Waals surface area contributed by atoms with E-state index in [0.29, 0.717) is 0 Å². The number of nitrogens with one attached hydrogen (secondary N) is 1. The molecule has 0 saturated heterocycles. The van der Waals surface area contributed by atoms with E-state index in [1.54, 1.807) is 4.72 Å². The summed E-state index contributed by atoms with van der Waals surface area (Å²) in [5.41, 5.74) is -0.171. The van der Waals surface area contributed by atoms with Crippen molar-refractivity contribution in [2.75, 3.05) is 19.5 Å². The number of carbonyl (C=O) groups excluding carboxylic acids is 3. The van der Waals surface area contributed by atoms with Gasteiger partial charge in [0.15, 0.2) is 6.61 Å². The van der Waals surface area contributed by atoms with Gasteiger partial charge in [-0.25, -0.2) is 13.2 Å². The van der Waals surface area contributed by atoms with E-state index in [-0.39, 0.29) is 18.6 Å². The third-order valence-corrected chi connectivity index (χ3v) is 3.14. The molecule has 0 aliphatic rings. The van der Waals surface area contributed by atoms with Gasteiger partial charge in [-0.1, -0.05) is 32.8 Å². The third kappa shape index (κ3) is 12.3. The highest BCUT2D eigenvalue weighted by Gasteiger charge is 2.16. The standard InChI is InChI=1S/C14H23NO7S/c1-4-5-6-7-8-21-13(17)9-11(2)14(18)22-10-12(16)15-23(3,19)20/h2,4-10H2,1,3H3,(H,15,16). The quantitative estimate of drug-likeness (QED) is 0.331. The summed E-state index contributed by atoms with van der Waals surface area (Å²) in [7, 11) is -3.72. The lowest BCUT2D eigenvalue weighted by molar-refractivity contribution is -0.147. The molecule has 0 aromatic rings. The van der Waals surface area contributed by atoms with Gasteiger partial charge in [0, 0.05) is 5.57 Å². The fourth-order valence-corrected chi connectivity index (χ4v) is 1.95. The van der Waals surface area contributed by atoms with Gasteiger partial charge in [-0.15, -0.1) is 0 Å². The normalized spacial score (nSPS) is 10.7. The molecule has 0 aromatic heterocycles. The molecule has 0 bridgehead atoms. The van der Waals surface area contributed by atoms with Crippen LogP contribution in [-0.4, -0.2) is 45.7 Å². The van der Waals surface area contributed by atoms with Crippen LogP contribution < -0.4 is 4.72 Å². The lowest BCUT2D eigenvalue weighted by Crippen LogP contribution is -2.33. The van der Waals surface area contributed by atoms with Crippen molar-refractivity contribution in [1.29, 1.82) is 0 Å². The Labute approximate surface area is 136 Å². The first-order valence-electron chi connectivity index (χ1n) is 7.16. The Bertz CT molecular complexity index is 539. The van der Waals surface area contributed by atoms with Gasteiger partial charge in [-0.05, 0) is 6.42 Å². The molecule has 0 spiro atoms. The number of sulfonamides is 1. The number of hydrogen-bond donors (Lipinski definition) is 1. The minimum Gasteiger partial charge on any atom is -0.465 e. The molecule has 0 unspecified atom stereocenters. The maximum Gasteiger partial charge on any atom is 0.334 e. The number of esters is 2. The van der Waals surface area contributed by atoms with Gasteiger partial charge in [0.1, 0.15) is 0 Å². The summed E-state index contributed by atoms with van der Waals surface area (Å²) in [6.45, 7) is 4.94. The molecular weight excluding hydrogens is 326 g/mol. The molecule has 1 amide bonds. The van der Waals surface area contributed by atoms with E-state index >= 15 is 0 Å². The molecule has 23 heavy (non-hydrogen) atoms. The zero-order valence-electron chi connectivity index (χ0n) is 13.4. The summed E-state index contributed by atoms with van der Waals surface area (Å²) in [6, 6.07) is 0. The van der Waals surface area contributed by atoms with Crippen molar-refractivity contribution in [3.8, 4) is 0 Å². The van der Waals surface area contributed by atoms with Gasteiger partial charge in [0.2, 0.25) is 10.0 Å². The van der Waals surface area contributed by atoms with Gasteiger partial charge in [0.05, 0.1) is 19.3 Å². The first-order valence-corrected chi connectivity index (χ1v) is 9.06. The second kappa shape index (κ2) is 10.8. The van der Waals surface area contributed by atoms with Gasteiger partial charge >= 0.3 is 11.9 Å². The van der Waals surface area contributed by atoms with Crippen LogP contribution in [0, 0.1) is 0 Å². The average Bonchev–Trinajstić information content (AvgIpc) is 2.42. The lowest BCUT2D eigenvalue weighted by Gasteiger charge is -2.07. The average molecular weight is 349 g/mol. The van der Waals surface area contributed by atoms with Crippen LogP contribution >= 0.6 is 0 Å². The SMILES string of the molecule is C=C(CC(=O)OCCCCCC)C(=O)OCC(=O)NS(C)(=O)=O. The Morgan fingerprint density at radius 3 is 2.30 bits per heavy atom. The Morgan fingerprint density at radius 1 is 1.09 bits per heavy atom. The van der Waals surface area contributed by atoms with Crippen LogP contribution in [0.4, 0.5) is 0 Å². The van der Waals surface area contributed by atoms with Crippen LogP contribution in [0.5, 0.6) is 0 Å². The van der Waals surface area contributed by atoms with Crippen molar-refractivity contribution in [1.82, 2.24) is 4.72 Å². The predicted octanol–water partition coefficient (Wildman–Crippen LogP) is 0.675. The van der Waals surface area contributed by atoms with E-state index in [2.05, 4.69) is 18.2 Å². The van der Waals surface area contributed by atoms with Gasteiger partial charge < -0.3 is 9.47 Å². The van der Waals surface area contributed by atoms with E-state index in [0.717, 1.165) is 31.9 Å². The smallest absolute Gasteiger partial charge is 0.334 e. The number of rotatable bonds is 11. The fourth-order valence-electron chi connectivity index (χ4n) is 1.48. The maximum atomic E-state index is 11.5. The van der Waals surface area contributed by atoms with E-state index < -0.39 is 34.5 Å². The Morgan fingerprint density at radius 2 is 1.74 bits per heavy atom. The van der Waals surface area contributed by atoms with E-state index in [9.17, 15) is 22.8 Å². The summed E-state index contributed by atoms with van der Waals surface area (Å²) >= 11 is 0. The third-order valence-electron chi connectivity index (χ3n) is 2.54. The van der Waals surface area contributed by atoms with Gasteiger partial charge in [0.25, 0.3) is 5.91 Å². The van der Waals surface area contributed by atoms with Crippen molar-refractivity contribution in [3.05, 3.63) is 12.2 Å². The molecule has 1 N–H and O–H groups in total. The predicted molar refractivity (Wildman–Crippen MR) is 82.8 cm³/mol. The van der Waals surface area contributed by atoms with Crippen LogP contribution in [0.1, 0.15) is 39.0 Å². The monoisotopic (exact) mass is 349 g/mol. The first kappa shape index (κ1) is 21.1. The number of carbonyl (C=O) groups is 3. The molecular formula is C14H23NO7S. The zero-order chi connectivity index (χ0) is 17.9. The van der Waals surface area contributed by atoms with Crippen LogP contribution in [0.25, 0.3) is 0 Å². The Hall–Kier alpha value is -1.90. The number of hydrogen-bond acceptors (Lipinski definition) is 7. The minimum atomic E-state index is -3.72. The molecule has 0 aliphatic heterocycles. The van der Waals surface area contributed by atoms with Crippen molar-refractivity contribution in [2.24, 2.45) is 0 Å². The molecule has 0 radical (unpaired) electrons. The number of amides is 1. The molecule has 0 atom stereocenters. The molecule has 8 nitrogen and oxygen atoms in total. The zero-order valence-corrected chi connectivity index (χ0v) is 14.2. The molecule has 0 heterocycles. The summed E-state index contributed by atoms with van der Waals surface area (Å²) in [5.74, 6) is -2.56. The van der Waals surface area contributed by atoms with E-state index in [1.165, 1.54) is 0 Å². The van der Waals surface area contributed by atoms with Crippen molar-refractivity contribution in [2.45, 2.75) is 39.0 Å². The lowest BCUT2D eigenvalue weighted by atomic mass is 10.2. The Balaban J connectivity index is 3.99. The summed E-state index contributed by atoms with van der Waals surface area (Å²) in [4.78, 5) is 34.1. The van der Waals surface area contributed by atoms with Gasteiger partial charge in [-0.3, -0.25) is 14.3 Å². The van der Waals surface area contributed by atoms with Crippen molar-refractivity contribution < 1.29 is 32.3 Å². The van der Waals surface area contributed by atoms with E-state index in [1.807, 2.05) is 0 Å². The molecule has 0 aliphatic carbocycles. The minimum absolute atomic E-state index is 0.171.